The van der Waals surface area contributed by atoms with E-state index in [0.29, 0.717) is 29.8 Å². The Bertz CT molecular complexity index is 1020. The minimum atomic E-state index is -0.648. The molecule has 154 valence electrons. The maximum Gasteiger partial charge on any atom is 0.238 e. The number of Topliss-reactive ketones (excluding diaryl/α,β-unsaturated/α-hetero) is 1. The summed E-state index contributed by atoms with van der Waals surface area (Å²) in [6.07, 6.45) is 2.67. The van der Waals surface area contributed by atoms with Gasteiger partial charge < -0.3 is 4.74 Å². The number of carbonyl (C=O) groups excluding carboxylic acids is 3. The number of imide groups is 1. The minimum Gasteiger partial charge on any atom is -0.483 e. The third-order valence-corrected chi connectivity index (χ3v) is 5.94. The van der Waals surface area contributed by atoms with Crippen LogP contribution in [-0.4, -0.2) is 23.7 Å². The highest BCUT2D eigenvalue weighted by Crippen LogP contribution is 2.40. The van der Waals surface area contributed by atoms with E-state index in [0.717, 1.165) is 11.1 Å². The molecule has 0 bridgehead atoms. The van der Waals surface area contributed by atoms with Gasteiger partial charge in [-0.25, -0.2) is 0 Å². The highest BCUT2D eigenvalue weighted by molar-refractivity contribution is 6.22. The van der Waals surface area contributed by atoms with Crippen molar-refractivity contribution in [3.8, 4) is 5.75 Å². The summed E-state index contributed by atoms with van der Waals surface area (Å²) < 4.78 is 5.79. The summed E-state index contributed by atoms with van der Waals surface area (Å²) in [7, 11) is 0. The SMILES string of the molecule is CC1=CC[C@@H]2C(=O)N(c3ccc(O[C@H](C)C(=O)c4ccc(C)cc4)cc3)C(=O)[C@@H]2C1. The number of aryl methyl sites for hydroxylation is 1. The van der Waals surface area contributed by atoms with Gasteiger partial charge in [-0.15, -0.1) is 0 Å². The molecule has 1 saturated heterocycles. The fourth-order valence-corrected chi connectivity index (χ4v) is 4.18. The summed E-state index contributed by atoms with van der Waals surface area (Å²) in [5.74, 6) is -0.370. The molecule has 1 fully saturated rings. The number of nitrogens with zero attached hydrogens (tertiary/aromatic N) is 1. The molecule has 0 spiro atoms. The maximum atomic E-state index is 12.8. The first kappa shape index (κ1) is 20.1. The molecule has 2 amide bonds. The number of allylic oxidation sites excluding steroid dienone is 2. The second kappa shape index (κ2) is 7.90. The van der Waals surface area contributed by atoms with E-state index in [1.165, 1.54) is 4.90 Å². The van der Waals surface area contributed by atoms with Crippen molar-refractivity contribution in [2.45, 2.75) is 39.7 Å². The van der Waals surface area contributed by atoms with Crippen LogP contribution in [0, 0.1) is 18.8 Å². The van der Waals surface area contributed by atoms with E-state index in [4.69, 9.17) is 4.74 Å². The van der Waals surface area contributed by atoms with Crippen LogP contribution < -0.4 is 9.64 Å². The topological polar surface area (TPSA) is 63.7 Å². The number of carbonyl (C=O) groups is 3. The van der Waals surface area contributed by atoms with Gasteiger partial charge in [0.1, 0.15) is 5.75 Å². The van der Waals surface area contributed by atoms with E-state index in [1.807, 2.05) is 26.0 Å². The lowest BCUT2D eigenvalue weighted by Crippen LogP contribution is -2.30. The van der Waals surface area contributed by atoms with E-state index in [9.17, 15) is 14.4 Å². The number of ketones is 1. The number of amides is 2. The largest absolute Gasteiger partial charge is 0.483 e. The van der Waals surface area contributed by atoms with Gasteiger partial charge in [0.05, 0.1) is 17.5 Å². The molecule has 2 aromatic carbocycles. The van der Waals surface area contributed by atoms with Crippen LogP contribution in [0.3, 0.4) is 0 Å². The van der Waals surface area contributed by atoms with Gasteiger partial charge in [0.15, 0.2) is 6.10 Å². The number of hydrogen-bond acceptors (Lipinski definition) is 4. The van der Waals surface area contributed by atoms with Crippen molar-refractivity contribution in [3.05, 3.63) is 71.3 Å². The lowest BCUT2D eigenvalue weighted by Gasteiger charge is -2.18. The van der Waals surface area contributed by atoms with Crippen molar-refractivity contribution in [2.75, 3.05) is 4.90 Å². The lowest BCUT2D eigenvalue weighted by atomic mass is 9.82. The molecular formula is C25H25NO4. The van der Waals surface area contributed by atoms with Crippen LogP contribution in [0.4, 0.5) is 5.69 Å². The second-order valence-corrected chi connectivity index (χ2v) is 8.20. The number of rotatable bonds is 5. The zero-order chi connectivity index (χ0) is 21.4. The zero-order valence-corrected chi connectivity index (χ0v) is 17.4. The normalized spacial score (nSPS) is 21.8. The minimum absolute atomic E-state index is 0.101. The summed E-state index contributed by atoms with van der Waals surface area (Å²) in [6, 6.07) is 14.2. The molecule has 30 heavy (non-hydrogen) atoms. The molecule has 4 rings (SSSR count). The number of fused-ring (bicyclic) bond motifs is 1. The molecular weight excluding hydrogens is 378 g/mol. The van der Waals surface area contributed by atoms with E-state index in [2.05, 4.69) is 6.08 Å². The van der Waals surface area contributed by atoms with E-state index in [-0.39, 0.29) is 29.4 Å². The Morgan fingerprint density at radius 2 is 1.60 bits per heavy atom. The van der Waals surface area contributed by atoms with Crippen molar-refractivity contribution in [3.63, 3.8) is 0 Å². The van der Waals surface area contributed by atoms with Gasteiger partial charge in [-0.2, -0.15) is 0 Å². The van der Waals surface area contributed by atoms with Crippen LogP contribution in [0.15, 0.2) is 60.2 Å². The summed E-state index contributed by atoms with van der Waals surface area (Å²) >= 11 is 0. The molecule has 2 aliphatic rings. The summed E-state index contributed by atoms with van der Waals surface area (Å²) in [5, 5.41) is 0. The lowest BCUT2D eigenvalue weighted by molar-refractivity contribution is -0.122. The zero-order valence-electron chi connectivity index (χ0n) is 17.4. The van der Waals surface area contributed by atoms with Crippen molar-refractivity contribution in [1.82, 2.24) is 0 Å². The number of anilines is 1. The van der Waals surface area contributed by atoms with Gasteiger partial charge >= 0.3 is 0 Å². The van der Waals surface area contributed by atoms with Gasteiger partial charge in [0.25, 0.3) is 0 Å². The van der Waals surface area contributed by atoms with Crippen LogP contribution in [0.1, 0.15) is 42.6 Å². The van der Waals surface area contributed by atoms with Crippen molar-refractivity contribution >= 4 is 23.3 Å². The Kier molecular flexibility index (Phi) is 5.29. The van der Waals surface area contributed by atoms with Crippen LogP contribution in [0.5, 0.6) is 5.75 Å². The molecule has 0 radical (unpaired) electrons. The summed E-state index contributed by atoms with van der Waals surface area (Å²) in [4.78, 5) is 39.5. The Morgan fingerprint density at radius 1 is 0.967 bits per heavy atom. The molecule has 1 heterocycles. The van der Waals surface area contributed by atoms with Gasteiger partial charge in [-0.05, 0) is 57.9 Å². The summed E-state index contributed by atoms with van der Waals surface area (Å²) in [6.45, 7) is 5.68. The fraction of sp³-hybridized carbons (Fsp3) is 0.320. The fourth-order valence-electron chi connectivity index (χ4n) is 4.18. The third kappa shape index (κ3) is 3.67. The first-order valence-electron chi connectivity index (χ1n) is 10.3. The van der Waals surface area contributed by atoms with Gasteiger partial charge in [0.2, 0.25) is 17.6 Å². The van der Waals surface area contributed by atoms with E-state index < -0.39 is 6.10 Å². The molecule has 0 N–H and O–H groups in total. The Balaban J connectivity index is 1.45. The average Bonchev–Trinajstić information content (AvgIpc) is 2.98. The smallest absolute Gasteiger partial charge is 0.238 e. The molecule has 2 aromatic rings. The van der Waals surface area contributed by atoms with E-state index in [1.54, 1.807) is 43.3 Å². The Labute approximate surface area is 176 Å². The molecule has 1 aliphatic carbocycles. The predicted molar refractivity (Wildman–Crippen MR) is 115 cm³/mol. The first-order valence-corrected chi connectivity index (χ1v) is 10.3. The number of ether oxygens (including phenoxy) is 1. The monoisotopic (exact) mass is 403 g/mol. The average molecular weight is 403 g/mol. The Morgan fingerprint density at radius 3 is 2.27 bits per heavy atom. The van der Waals surface area contributed by atoms with Gasteiger partial charge in [-0.3, -0.25) is 19.3 Å². The Hall–Kier alpha value is -3.21. The molecule has 5 heteroatoms. The molecule has 0 aromatic heterocycles. The molecule has 5 nitrogen and oxygen atoms in total. The summed E-state index contributed by atoms with van der Waals surface area (Å²) in [5.41, 5.74) is 3.40. The van der Waals surface area contributed by atoms with Crippen LogP contribution in [0.2, 0.25) is 0 Å². The van der Waals surface area contributed by atoms with Gasteiger partial charge in [-0.1, -0.05) is 41.5 Å². The van der Waals surface area contributed by atoms with Crippen molar-refractivity contribution in [1.29, 1.82) is 0 Å². The van der Waals surface area contributed by atoms with Crippen molar-refractivity contribution in [2.24, 2.45) is 11.8 Å². The van der Waals surface area contributed by atoms with Crippen molar-refractivity contribution < 1.29 is 19.1 Å². The molecule has 0 saturated carbocycles. The number of benzene rings is 2. The van der Waals surface area contributed by atoms with Crippen LogP contribution in [0.25, 0.3) is 0 Å². The number of hydrogen-bond donors (Lipinski definition) is 0. The maximum absolute atomic E-state index is 12.8. The van der Waals surface area contributed by atoms with Gasteiger partial charge in [0, 0.05) is 5.56 Å². The third-order valence-electron chi connectivity index (χ3n) is 5.94. The quantitative estimate of drug-likeness (QED) is 0.419. The molecule has 1 aliphatic heterocycles. The van der Waals surface area contributed by atoms with Crippen LogP contribution >= 0.6 is 0 Å². The second-order valence-electron chi connectivity index (χ2n) is 8.20. The molecule has 3 atom stereocenters. The van der Waals surface area contributed by atoms with E-state index >= 15 is 0 Å². The predicted octanol–water partition coefficient (Wildman–Crippen LogP) is 4.49. The van der Waals surface area contributed by atoms with Crippen LogP contribution in [-0.2, 0) is 9.59 Å². The highest BCUT2D eigenvalue weighted by atomic mass is 16.5. The first-order chi connectivity index (χ1) is 14.3. The molecule has 0 unspecified atom stereocenters. The highest BCUT2D eigenvalue weighted by Gasteiger charge is 2.48. The standard InChI is InChI=1S/C25H25NO4/c1-15-4-7-18(8-5-15)23(27)17(3)30-20-11-9-19(10-12-20)26-24(28)21-13-6-16(2)14-22(21)25(26)29/h4-12,17,21-22H,13-14H2,1-3H3/t17-,21+,22-/m1/s1.